The molecular weight excluding hydrogens is 216 g/mol. The van der Waals surface area contributed by atoms with Gasteiger partial charge in [0.05, 0.1) is 13.0 Å². The van der Waals surface area contributed by atoms with E-state index in [2.05, 4.69) is 24.2 Å². The zero-order valence-corrected chi connectivity index (χ0v) is 10.4. The molecule has 0 bridgehead atoms. The van der Waals surface area contributed by atoms with Crippen LogP contribution >= 0.6 is 0 Å². The highest BCUT2D eigenvalue weighted by Gasteiger charge is 2.05. The van der Waals surface area contributed by atoms with E-state index < -0.39 is 0 Å². The maximum atomic E-state index is 11.2. The quantitative estimate of drug-likeness (QED) is 0.319. The van der Waals surface area contributed by atoms with Gasteiger partial charge in [-0.3, -0.25) is 4.79 Å². The molecule has 17 heavy (non-hydrogen) atoms. The smallest absolute Gasteiger partial charge is 0.310 e. The number of ether oxygens (including phenoxy) is 1. The normalized spacial score (nSPS) is 8.82. The van der Waals surface area contributed by atoms with Crippen LogP contribution in [0.2, 0.25) is 0 Å². The van der Waals surface area contributed by atoms with E-state index in [4.69, 9.17) is 9.84 Å². The second kappa shape index (κ2) is 11.0. The monoisotopic (exact) mass is 236 g/mol. The lowest BCUT2D eigenvalue weighted by atomic mass is 10.1. The average molecular weight is 236 g/mol. The zero-order valence-electron chi connectivity index (χ0n) is 10.4. The van der Waals surface area contributed by atoms with E-state index >= 15 is 0 Å². The van der Waals surface area contributed by atoms with Crippen LogP contribution in [0.5, 0.6) is 0 Å². The van der Waals surface area contributed by atoms with Crippen LogP contribution in [0.1, 0.15) is 39.0 Å². The van der Waals surface area contributed by atoms with E-state index in [1.807, 2.05) is 0 Å². The minimum atomic E-state index is -0.223. The summed E-state index contributed by atoms with van der Waals surface area (Å²) in [5.74, 6) is 5.22. The third-order valence-electron chi connectivity index (χ3n) is 2.15. The van der Waals surface area contributed by atoms with E-state index in [0.717, 1.165) is 31.3 Å². The van der Waals surface area contributed by atoms with Gasteiger partial charge in [-0.2, -0.15) is 0 Å². The van der Waals surface area contributed by atoms with Crippen molar-refractivity contribution in [1.29, 1.82) is 0 Å². The number of unbranched alkanes of at least 4 members (excludes halogenated alkanes) is 2. The molecule has 0 atom stereocenters. The van der Waals surface area contributed by atoms with E-state index in [1.165, 1.54) is 0 Å². The van der Waals surface area contributed by atoms with Gasteiger partial charge < -0.3 is 9.84 Å². The molecule has 0 fully saturated rings. The lowest BCUT2D eigenvalue weighted by molar-refractivity contribution is -0.142. The molecule has 0 amide bonds. The van der Waals surface area contributed by atoms with Crippen molar-refractivity contribution in [3.8, 4) is 11.8 Å². The average Bonchev–Trinajstić information content (AvgIpc) is 2.32. The minimum absolute atomic E-state index is 0.0827. The lowest BCUT2D eigenvalue weighted by Crippen LogP contribution is -2.04. The Kier molecular flexibility index (Phi) is 10.0. The predicted octanol–water partition coefficient (Wildman–Crippen LogP) is 2.21. The number of rotatable bonds is 7. The van der Waals surface area contributed by atoms with E-state index in [0.29, 0.717) is 6.61 Å². The van der Waals surface area contributed by atoms with Gasteiger partial charge in [0, 0.05) is 6.42 Å². The molecule has 0 aromatic heterocycles. The summed E-state index contributed by atoms with van der Waals surface area (Å²) in [5.41, 5.74) is 3.67. The van der Waals surface area contributed by atoms with Crippen molar-refractivity contribution in [2.45, 2.75) is 39.0 Å². The molecule has 0 aliphatic carbocycles. The standard InChI is InChI=1S/C14H20O3/c1-3-13(12-14(16)17-4-2)10-8-6-5-7-9-11-15/h15H,1,4-6,8,10-12H2,2H3. The van der Waals surface area contributed by atoms with Crippen LogP contribution in [0, 0.1) is 11.8 Å². The summed E-state index contributed by atoms with van der Waals surface area (Å²) in [6.07, 6.45) is 3.73. The van der Waals surface area contributed by atoms with Crippen LogP contribution in [0.3, 0.4) is 0 Å². The van der Waals surface area contributed by atoms with Gasteiger partial charge in [0.1, 0.15) is 6.61 Å². The van der Waals surface area contributed by atoms with Gasteiger partial charge in [-0.15, -0.1) is 11.7 Å². The Balaban J connectivity index is 3.77. The van der Waals surface area contributed by atoms with E-state index in [-0.39, 0.29) is 19.0 Å². The Morgan fingerprint density at radius 2 is 2.12 bits per heavy atom. The molecule has 1 N–H and O–H groups in total. The maximum absolute atomic E-state index is 11.2. The first-order chi connectivity index (χ1) is 8.24. The second-order valence-electron chi connectivity index (χ2n) is 3.48. The summed E-state index contributed by atoms with van der Waals surface area (Å²) in [5, 5.41) is 8.45. The molecule has 3 heteroatoms. The number of hydrogen-bond acceptors (Lipinski definition) is 3. The minimum Gasteiger partial charge on any atom is -0.466 e. The first-order valence-electron chi connectivity index (χ1n) is 5.84. The van der Waals surface area contributed by atoms with Crippen LogP contribution < -0.4 is 0 Å². The lowest BCUT2D eigenvalue weighted by Gasteiger charge is -2.04. The Bertz CT molecular complexity index is 327. The fourth-order valence-corrected chi connectivity index (χ4v) is 1.32. The third-order valence-corrected chi connectivity index (χ3v) is 2.15. The first-order valence-corrected chi connectivity index (χ1v) is 5.84. The van der Waals surface area contributed by atoms with Crippen LogP contribution in [0.25, 0.3) is 0 Å². The van der Waals surface area contributed by atoms with E-state index in [1.54, 1.807) is 6.92 Å². The van der Waals surface area contributed by atoms with Crippen molar-refractivity contribution >= 4 is 5.97 Å². The fraction of sp³-hybridized carbons (Fsp3) is 0.571. The molecule has 0 saturated carbocycles. The molecule has 0 aliphatic heterocycles. The molecule has 0 rings (SSSR count). The molecule has 3 nitrogen and oxygen atoms in total. The Labute approximate surface area is 103 Å². The highest BCUT2D eigenvalue weighted by molar-refractivity contribution is 5.72. The number of carbonyl (C=O) groups is 1. The summed E-state index contributed by atoms with van der Waals surface area (Å²) in [6.45, 7) is 5.68. The molecular formula is C14H20O3. The predicted molar refractivity (Wildman–Crippen MR) is 67.2 cm³/mol. The highest BCUT2D eigenvalue weighted by atomic mass is 16.5. The number of carbonyl (C=O) groups excluding carboxylic acids is 1. The number of aliphatic hydroxyl groups is 1. The summed E-state index contributed by atoms with van der Waals surface area (Å²) in [4.78, 5) is 11.2. The van der Waals surface area contributed by atoms with Crippen molar-refractivity contribution < 1.29 is 14.6 Å². The Hall–Kier alpha value is -1.49. The van der Waals surface area contributed by atoms with Gasteiger partial charge in [-0.1, -0.05) is 12.5 Å². The summed E-state index contributed by atoms with van der Waals surface area (Å²) in [6, 6.07) is 0. The van der Waals surface area contributed by atoms with Gasteiger partial charge in [0.15, 0.2) is 0 Å². The topological polar surface area (TPSA) is 46.5 Å². The number of hydrogen-bond donors (Lipinski definition) is 1. The molecule has 0 aromatic rings. The van der Waals surface area contributed by atoms with Crippen LogP contribution in [0.4, 0.5) is 0 Å². The molecule has 0 heterocycles. The Morgan fingerprint density at radius 3 is 2.71 bits per heavy atom. The summed E-state index contributed by atoms with van der Waals surface area (Å²) < 4.78 is 4.86. The van der Waals surface area contributed by atoms with Gasteiger partial charge in [-0.25, -0.2) is 0 Å². The van der Waals surface area contributed by atoms with Crippen molar-refractivity contribution in [2.24, 2.45) is 0 Å². The zero-order chi connectivity index (χ0) is 12.9. The van der Waals surface area contributed by atoms with Crippen molar-refractivity contribution in [3.63, 3.8) is 0 Å². The fourth-order valence-electron chi connectivity index (χ4n) is 1.32. The molecule has 0 aromatic carbocycles. The van der Waals surface area contributed by atoms with Crippen molar-refractivity contribution in [2.75, 3.05) is 13.2 Å². The maximum Gasteiger partial charge on any atom is 0.310 e. The molecule has 94 valence electrons. The molecule has 0 radical (unpaired) electrons. The molecule has 0 aliphatic rings. The van der Waals surface area contributed by atoms with Gasteiger partial charge in [0.2, 0.25) is 0 Å². The number of esters is 1. The third kappa shape index (κ3) is 9.44. The van der Waals surface area contributed by atoms with Crippen molar-refractivity contribution in [3.05, 3.63) is 17.9 Å². The second-order valence-corrected chi connectivity index (χ2v) is 3.48. The number of aliphatic hydroxyl groups excluding tert-OH is 1. The SMILES string of the molecule is C=C=C(CCCCC#CCO)CC(=O)OCC. The summed E-state index contributed by atoms with van der Waals surface area (Å²) >= 11 is 0. The largest absolute Gasteiger partial charge is 0.466 e. The van der Waals surface area contributed by atoms with Crippen LogP contribution in [-0.4, -0.2) is 24.3 Å². The van der Waals surface area contributed by atoms with Crippen molar-refractivity contribution in [1.82, 2.24) is 0 Å². The van der Waals surface area contributed by atoms with Crippen LogP contribution in [0.15, 0.2) is 17.9 Å². The summed E-state index contributed by atoms with van der Waals surface area (Å²) in [7, 11) is 0. The van der Waals surface area contributed by atoms with Gasteiger partial charge in [-0.05, 0) is 31.8 Å². The molecule has 0 unspecified atom stereocenters. The highest BCUT2D eigenvalue weighted by Crippen LogP contribution is 2.12. The van der Waals surface area contributed by atoms with Gasteiger partial charge >= 0.3 is 5.97 Å². The van der Waals surface area contributed by atoms with Crippen LogP contribution in [-0.2, 0) is 9.53 Å². The molecule has 0 spiro atoms. The first kappa shape index (κ1) is 15.5. The molecule has 0 saturated heterocycles. The Morgan fingerprint density at radius 1 is 1.35 bits per heavy atom. The van der Waals surface area contributed by atoms with E-state index in [9.17, 15) is 4.79 Å². The van der Waals surface area contributed by atoms with Gasteiger partial charge in [0.25, 0.3) is 0 Å².